The maximum absolute atomic E-state index is 13.0. The van der Waals surface area contributed by atoms with E-state index in [2.05, 4.69) is 5.32 Å². The molecule has 1 aliphatic carbocycles. The largest absolute Gasteiger partial charge is 0.465 e. The molecule has 0 saturated heterocycles. The number of hydrogen-bond donors (Lipinski definition) is 1. The number of carbonyl (C=O) groups is 2. The first-order chi connectivity index (χ1) is 13.6. The van der Waals surface area contributed by atoms with E-state index < -0.39 is 5.97 Å². The molecule has 0 unspecified atom stereocenters. The molecule has 0 radical (unpaired) electrons. The van der Waals surface area contributed by atoms with Crippen LogP contribution in [0.15, 0.2) is 24.3 Å². The third-order valence-electron chi connectivity index (χ3n) is 5.03. The van der Waals surface area contributed by atoms with Gasteiger partial charge in [0.25, 0.3) is 5.91 Å². The molecule has 0 bridgehead atoms. The van der Waals surface area contributed by atoms with Gasteiger partial charge in [0.05, 0.1) is 17.7 Å². The number of thiophene rings is 2. The lowest BCUT2D eigenvalue weighted by molar-refractivity contribution is 0.0601. The average Bonchev–Trinajstić information content (AvgIpc) is 3.19. The number of amides is 1. The topological polar surface area (TPSA) is 55.4 Å². The van der Waals surface area contributed by atoms with Crippen molar-refractivity contribution in [2.24, 2.45) is 0 Å². The lowest BCUT2D eigenvalue weighted by atomic mass is 9.96. The van der Waals surface area contributed by atoms with E-state index in [9.17, 15) is 9.59 Å². The summed E-state index contributed by atoms with van der Waals surface area (Å²) in [6, 6.07) is 7.67. The fraction of sp³-hybridized carbons (Fsp3) is 0.333. The second kappa shape index (κ2) is 8.23. The quantitative estimate of drug-likeness (QED) is 0.492. The highest BCUT2D eigenvalue weighted by atomic mass is 35.5. The molecule has 7 heteroatoms. The molecule has 1 amide bonds. The maximum atomic E-state index is 13.0. The summed E-state index contributed by atoms with van der Waals surface area (Å²) in [5.41, 5.74) is 1.55. The predicted octanol–water partition coefficient (Wildman–Crippen LogP) is 6.31. The zero-order valence-electron chi connectivity index (χ0n) is 15.5. The zero-order chi connectivity index (χ0) is 19.7. The van der Waals surface area contributed by atoms with Crippen LogP contribution in [0.25, 0.3) is 10.1 Å². The molecule has 1 aliphatic rings. The van der Waals surface area contributed by atoms with Gasteiger partial charge in [0.15, 0.2) is 0 Å². The molecule has 0 spiro atoms. The van der Waals surface area contributed by atoms with Crippen LogP contribution in [0.2, 0.25) is 5.02 Å². The van der Waals surface area contributed by atoms with Crippen LogP contribution < -0.4 is 5.32 Å². The molecule has 3 aromatic rings. The molecule has 4 rings (SSSR count). The van der Waals surface area contributed by atoms with Gasteiger partial charge in [0.1, 0.15) is 9.88 Å². The SMILES string of the molecule is COC(=O)c1c(NC(=O)c2sc3ccccc3c2Cl)sc2c1CCCCCC2. The Morgan fingerprint density at radius 1 is 1.07 bits per heavy atom. The summed E-state index contributed by atoms with van der Waals surface area (Å²) in [5, 5.41) is 4.83. The lowest BCUT2D eigenvalue weighted by Crippen LogP contribution is -2.14. The third kappa shape index (κ3) is 3.56. The van der Waals surface area contributed by atoms with Crippen molar-refractivity contribution in [2.45, 2.75) is 38.5 Å². The molecule has 2 aromatic heterocycles. The smallest absolute Gasteiger partial charge is 0.341 e. The number of aryl methyl sites for hydroxylation is 1. The van der Waals surface area contributed by atoms with Crippen molar-refractivity contribution in [1.82, 2.24) is 0 Å². The summed E-state index contributed by atoms with van der Waals surface area (Å²) in [5.74, 6) is -0.679. The first-order valence-corrected chi connectivity index (χ1v) is 11.3. The van der Waals surface area contributed by atoms with Crippen LogP contribution in [0.1, 0.15) is 56.2 Å². The predicted molar refractivity (Wildman–Crippen MR) is 116 cm³/mol. The second-order valence-electron chi connectivity index (χ2n) is 6.81. The molecule has 2 heterocycles. The van der Waals surface area contributed by atoms with Crippen molar-refractivity contribution in [3.8, 4) is 0 Å². The number of carbonyl (C=O) groups excluding carboxylic acids is 2. The van der Waals surface area contributed by atoms with Gasteiger partial charge in [-0.05, 0) is 37.3 Å². The molecule has 1 aromatic carbocycles. The van der Waals surface area contributed by atoms with Crippen LogP contribution in [0.4, 0.5) is 5.00 Å². The zero-order valence-corrected chi connectivity index (χ0v) is 17.9. The number of ether oxygens (including phenoxy) is 1. The molecule has 28 heavy (non-hydrogen) atoms. The van der Waals surface area contributed by atoms with Gasteiger partial charge in [-0.15, -0.1) is 22.7 Å². The fourth-order valence-electron chi connectivity index (χ4n) is 3.65. The van der Waals surface area contributed by atoms with E-state index >= 15 is 0 Å². The van der Waals surface area contributed by atoms with Crippen LogP contribution in [0.5, 0.6) is 0 Å². The van der Waals surface area contributed by atoms with Gasteiger partial charge in [-0.25, -0.2) is 4.79 Å². The molecule has 0 fully saturated rings. The molecule has 146 valence electrons. The molecule has 0 aliphatic heterocycles. The van der Waals surface area contributed by atoms with Gasteiger partial charge in [-0.1, -0.05) is 42.6 Å². The summed E-state index contributed by atoms with van der Waals surface area (Å²) < 4.78 is 5.99. The van der Waals surface area contributed by atoms with Crippen LogP contribution >= 0.6 is 34.3 Å². The first kappa shape index (κ1) is 19.4. The van der Waals surface area contributed by atoms with E-state index in [0.717, 1.165) is 47.8 Å². The van der Waals surface area contributed by atoms with Crippen LogP contribution in [0.3, 0.4) is 0 Å². The summed E-state index contributed by atoms with van der Waals surface area (Å²) in [6.45, 7) is 0. The number of hydrogen-bond acceptors (Lipinski definition) is 5. The van der Waals surface area contributed by atoms with Crippen LogP contribution in [-0.2, 0) is 17.6 Å². The highest BCUT2D eigenvalue weighted by Crippen LogP contribution is 2.39. The molecule has 1 N–H and O–H groups in total. The van der Waals surface area contributed by atoms with Gasteiger partial charge in [-0.2, -0.15) is 0 Å². The normalized spacial score (nSPS) is 14.2. The molecule has 0 atom stereocenters. The Kier molecular flexibility index (Phi) is 5.71. The van der Waals surface area contributed by atoms with E-state index in [-0.39, 0.29) is 5.91 Å². The molecular formula is C21H20ClNO3S2. The second-order valence-corrected chi connectivity index (χ2v) is 9.34. The van der Waals surface area contributed by atoms with Gasteiger partial charge in [0, 0.05) is 15.0 Å². The highest BCUT2D eigenvalue weighted by molar-refractivity contribution is 7.22. The van der Waals surface area contributed by atoms with Crippen LogP contribution in [0, 0.1) is 0 Å². The number of halogens is 1. The minimum atomic E-state index is -0.393. The number of rotatable bonds is 3. The standard InChI is InChI=1S/C21H20ClNO3S2/c1-26-21(25)16-12-8-4-2-3-5-10-14(12)28-20(16)23-19(24)18-17(22)13-9-6-7-11-15(13)27-18/h6-7,9,11H,2-5,8,10H2,1H3,(H,23,24). The van der Waals surface area contributed by atoms with Crippen molar-refractivity contribution in [3.05, 3.63) is 50.2 Å². The average molecular weight is 434 g/mol. The van der Waals surface area contributed by atoms with Crippen molar-refractivity contribution < 1.29 is 14.3 Å². The minimum absolute atomic E-state index is 0.287. The van der Waals surface area contributed by atoms with E-state index in [4.69, 9.17) is 16.3 Å². The Labute approximate surface area is 176 Å². The maximum Gasteiger partial charge on any atom is 0.341 e. The first-order valence-electron chi connectivity index (χ1n) is 9.31. The summed E-state index contributed by atoms with van der Waals surface area (Å²) in [4.78, 5) is 27.1. The number of anilines is 1. The Bertz CT molecular complexity index is 1050. The van der Waals surface area contributed by atoms with Crippen molar-refractivity contribution in [3.63, 3.8) is 0 Å². The molecule has 0 saturated carbocycles. The Morgan fingerprint density at radius 3 is 2.57 bits per heavy atom. The van der Waals surface area contributed by atoms with E-state index in [1.165, 1.54) is 41.1 Å². The van der Waals surface area contributed by atoms with Crippen LogP contribution in [-0.4, -0.2) is 19.0 Å². The number of esters is 1. The highest BCUT2D eigenvalue weighted by Gasteiger charge is 2.27. The Hall–Kier alpha value is -1.89. The van der Waals surface area contributed by atoms with Crippen molar-refractivity contribution >= 4 is 61.2 Å². The third-order valence-corrected chi connectivity index (χ3v) is 7.91. The monoisotopic (exact) mass is 433 g/mol. The summed E-state index contributed by atoms with van der Waals surface area (Å²) in [7, 11) is 1.38. The minimum Gasteiger partial charge on any atom is -0.465 e. The van der Waals surface area contributed by atoms with Gasteiger partial charge in [-0.3, -0.25) is 4.79 Å². The lowest BCUT2D eigenvalue weighted by Gasteiger charge is -2.10. The molecular weight excluding hydrogens is 414 g/mol. The number of methoxy groups -OCH3 is 1. The van der Waals surface area contributed by atoms with Crippen molar-refractivity contribution in [2.75, 3.05) is 12.4 Å². The summed E-state index contributed by atoms with van der Waals surface area (Å²) in [6.07, 6.45) is 6.28. The van der Waals surface area contributed by atoms with E-state index in [0.29, 0.717) is 20.5 Å². The number of benzene rings is 1. The Balaban J connectivity index is 1.72. The van der Waals surface area contributed by atoms with Crippen molar-refractivity contribution in [1.29, 1.82) is 0 Å². The Morgan fingerprint density at radius 2 is 1.82 bits per heavy atom. The van der Waals surface area contributed by atoms with Gasteiger partial charge < -0.3 is 10.1 Å². The number of nitrogens with one attached hydrogen (secondary N) is 1. The van der Waals surface area contributed by atoms with Gasteiger partial charge in [0.2, 0.25) is 0 Å². The van der Waals surface area contributed by atoms with Gasteiger partial charge >= 0.3 is 5.97 Å². The number of fused-ring (bicyclic) bond motifs is 2. The van der Waals surface area contributed by atoms with E-state index in [1.54, 1.807) is 0 Å². The fourth-order valence-corrected chi connectivity index (χ4v) is 6.33. The summed E-state index contributed by atoms with van der Waals surface area (Å²) >= 11 is 9.30. The van der Waals surface area contributed by atoms with E-state index in [1.807, 2.05) is 24.3 Å². The molecule has 4 nitrogen and oxygen atoms in total.